The fourth-order valence-electron chi connectivity index (χ4n) is 1.93. The molecule has 0 atom stereocenters. The van der Waals surface area contributed by atoms with Crippen LogP contribution in [0.4, 0.5) is 0 Å². The third-order valence-corrected chi connectivity index (χ3v) is 3.71. The van der Waals surface area contributed by atoms with Crippen LogP contribution in [0.2, 0.25) is 0 Å². The first-order valence-electron chi connectivity index (χ1n) is 10.8. The Morgan fingerprint density at radius 1 is 0.774 bits per heavy atom. The van der Waals surface area contributed by atoms with Crippen LogP contribution in [-0.2, 0) is 33.2 Å². The molecule has 10 heteroatoms. The zero-order valence-electron chi connectivity index (χ0n) is 19.5. The summed E-state index contributed by atoms with van der Waals surface area (Å²) in [6.07, 6.45) is 1.69. The second-order valence-electron chi connectivity index (χ2n) is 7.13. The number of Topliss-reactive ketones (excluding diaryl/α,β-unsaturated/α-hetero) is 1. The van der Waals surface area contributed by atoms with Gasteiger partial charge < -0.3 is 34.3 Å². The summed E-state index contributed by atoms with van der Waals surface area (Å²) in [7, 11) is 0. The number of carbonyl (C=O) groups excluding carboxylic acids is 1. The van der Waals surface area contributed by atoms with Crippen molar-refractivity contribution in [1.82, 2.24) is 0 Å². The molecule has 31 heavy (non-hydrogen) atoms. The topological polar surface area (TPSA) is 123 Å². The molecular weight excluding hydrogens is 406 g/mol. The molecule has 0 fully saturated rings. The quantitative estimate of drug-likeness (QED) is 0.113. The molecule has 0 bridgehead atoms. The summed E-state index contributed by atoms with van der Waals surface area (Å²) in [6, 6.07) is 0. The summed E-state index contributed by atoms with van der Waals surface area (Å²) in [5.41, 5.74) is 0.467. The number of nitrogens with zero attached hydrogens (tertiary/aromatic N) is 2. The fourth-order valence-corrected chi connectivity index (χ4v) is 1.93. The highest BCUT2D eigenvalue weighted by Gasteiger charge is 2.05. The lowest BCUT2D eigenvalue weighted by atomic mass is 10.1. The molecule has 0 aromatic heterocycles. The molecule has 0 aliphatic carbocycles. The monoisotopic (exact) mass is 447 g/mol. The van der Waals surface area contributed by atoms with Gasteiger partial charge in [0.2, 0.25) is 0 Å². The summed E-state index contributed by atoms with van der Waals surface area (Å²) in [5.74, 6) is 5.31. The molecule has 2 N–H and O–H groups in total. The van der Waals surface area contributed by atoms with E-state index in [-0.39, 0.29) is 31.0 Å². The molecule has 0 unspecified atom stereocenters. The number of hydrogen-bond donors (Lipinski definition) is 1. The van der Waals surface area contributed by atoms with Crippen molar-refractivity contribution in [3.63, 3.8) is 0 Å². The number of carbonyl (C=O) groups is 1. The van der Waals surface area contributed by atoms with E-state index < -0.39 is 0 Å². The average Bonchev–Trinajstić information content (AvgIpc) is 2.74. The lowest BCUT2D eigenvalue weighted by molar-refractivity contribution is -0.120. The van der Waals surface area contributed by atoms with Crippen molar-refractivity contribution in [3.8, 4) is 0 Å². The molecule has 0 rings (SSSR count). The van der Waals surface area contributed by atoms with E-state index in [1.54, 1.807) is 0 Å². The average molecular weight is 448 g/mol. The Balaban J connectivity index is 3.37. The lowest BCUT2D eigenvalue weighted by Gasteiger charge is -2.09. The largest absolute Gasteiger partial charge is 0.377 e. The van der Waals surface area contributed by atoms with Crippen LogP contribution < -0.4 is 5.84 Å². The molecule has 0 radical (unpaired) electrons. The number of nitrogens with two attached hydrogens (primary N) is 1. The van der Waals surface area contributed by atoms with Gasteiger partial charge in [-0.1, -0.05) is 13.8 Å². The van der Waals surface area contributed by atoms with Gasteiger partial charge in [0.05, 0.1) is 85.3 Å². The third-order valence-electron chi connectivity index (χ3n) is 3.71. The predicted octanol–water partition coefficient (Wildman–Crippen LogP) is 1.11. The normalized spacial score (nSPS) is 12.5. The standard InChI is InChI=1S/C21H41N3O7/c1-18(2)21(25)16-23-15-20(24-22)17-30-12-11-28-8-7-26-5-6-27-9-10-29-13-14-31-19(3)4/h15,18-19H,5-14,16-17,22H2,1-4H3/b23-15?,24-20+. The van der Waals surface area contributed by atoms with E-state index in [4.69, 9.17) is 34.3 Å². The molecule has 0 saturated heterocycles. The third kappa shape index (κ3) is 21.6. The van der Waals surface area contributed by atoms with Gasteiger partial charge in [-0.3, -0.25) is 9.79 Å². The number of rotatable bonds is 22. The summed E-state index contributed by atoms with van der Waals surface area (Å²) < 4.78 is 32.4. The van der Waals surface area contributed by atoms with Crippen LogP contribution >= 0.6 is 0 Å². The van der Waals surface area contributed by atoms with Crippen LogP contribution in [0, 0.1) is 5.92 Å². The Hall–Kier alpha value is -1.43. The van der Waals surface area contributed by atoms with Crippen LogP contribution in [0.15, 0.2) is 10.1 Å². The van der Waals surface area contributed by atoms with E-state index >= 15 is 0 Å². The van der Waals surface area contributed by atoms with E-state index in [0.717, 1.165) is 0 Å². The summed E-state index contributed by atoms with van der Waals surface area (Å²) in [4.78, 5) is 15.5. The highest BCUT2D eigenvalue weighted by Crippen LogP contribution is 1.94. The van der Waals surface area contributed by atoms with Crippen LogP contribution in [0.1, 0.15) is 27.7 Å². The van der Waals surface area contributed by atoms with Crippen LogP contribution in [0.25, 0.3) is 0 Å². The van der Waals surface area contributed by atoms with Crippen molar-refractivity contribution in [2.75, 3.05) is 79.2 Å². The summed E-state index contributed by atoms with van der Waals surface area (Å²) in [5, 5.41) is 3.59. The van der Waals surface area contributed by atoms with Crippen molar-refractivity contribution in [1.29, 1.82) is 0 Å². The van der Waals surface area contributed by atoms with E-state index in [1.807, 2.05) is 27.7 Å². The minimum atomic E-state index is -0.0416. The Bertz CT molecular complexity index is 486. The van der Waals surface area contributed by atoms with Gasteiger partial charge in [-0.15, -0.1) is 0 Å². The zero-order chi connectivity index (χ0) is 23.2. The number of hydrogen-bond acceptors (Lipinski definition) is 10. The van der Waals surface area contributed by atoms with Crippen LogP contribution in [0.5, 0.6) is 0 Å². The Morgan fingerprint density at radius 2 is 1.23 bits per heavy atom. The molecule has 182 valence electrons. The van der Waals surface area contributed by atoms with Crippen LogP contribution in [-0.4, -0.2) is 103 Å². The molecule has 0 heterocycles. The minimum absolute atomic E-state index is 0.0416. The maximum Gasteiger partial charge on any atom is 0.156 e. The van der Waals surface area contributed by atoms with Gasteiger partial charge in [0.1, 0.15) is 5.71 Å². The lowest BCUT2D eigenvalue weighted by Crippen LogP contribution is -2.17. The molecule has 0 aliphatic rings. The predicted molar refractivity (Wildman–Crippen MR) is 120 cm³/mol. The maximum absolute atomic E-state index is 11.5. The first kappa shape index (κ1) is 29.6. The molecule has 10 nitrogen and oxygen atoms in total. The first-order chi connectivity index (χ1) is 15.0. The van der Waals surface area contributed by atoms with Gasteiger partial charge in [0.15, 0.2) is 5.78 Å². The highest BCUT2D eigenvalue weighted by atomic mass is 16.6. The Labute approximate surface area is 186 Å². The van der Waals surface area contributed by atoms with Crippen molar-refractivity contribution < 1.29 is 33.2 Å². The van der Waals surface area contributed by atoms with E-state index in [1.165, 1.54) is 6.21 Å². The van der Waals surface area contributed by atoms with E-state index in [0.29, 0.717) is 71.8 Å². The molecule has 0 aromatic rings. The molecule has 0 amide bonds. The summed E-state index contributed by atoms with van der Waals surface area (Å²) >= 11 is 0. The van der Waals surface area contributed by atoms with Gasteiger partial charge in [0, 0.05) is 12.1 Å². The van der Waals surface area contributed by atoms with Crippen molar-refractivity contribution in [3.05, 3.63) is 0 Å². The molecule has 0 aliphatic heterocycles. The van der Waals surface area contributed by atoms with Crippen molar-refractivity contribution in [2.45, 2.75) is 33.8 Å². The highest BCUT2D eigenvalue weighted by molar-refractivity contribution is 6.31. The van der Waals surface area contributed by atoms with Gasteiger partial charge in [-0.25, -0.2) is 0 Å². The SMILES string of the molecule is CC(C)OCCOCCOCCOCCOCCOC/C(C=NCC(=O)C(C)C)=N/N. The summed E-state index contributed by atoms with van der Waals surface area (Å²) in [6.45, 7) is 13.0. The Kier molecular flexibility index (Phi) is 20.8. The van der Waals surface area contributed by atoms with Gasteiger partial charge in [0.25, 0.3) is 0 Å². The second-order valence-corrected chi connectivity index (χ2v) is 7.13. The second kappa shape index (κ2) is 21.8. The fraction of sp³-hybridized carbons (Fsp3) is 0.857. The molecule has 0 aromatic carbocycles. The number of ether oxygens (including phenoxy) is 6. The van der Waals surface area contributed by atoms with E-state index in [9.17, 15) is 4.79 Å². The maximum atomic E-state index is 11.5. The first-order valence-corrected chi connectivity index (χ1v) is 10.8. The number of aliphatic imine (C=N–C) groups is 1. The van der Waals surface area contributed by atoms with E-state index in [2.05, 4.69) is 10.1 Å². The number of hydrazone groups is 1. The minimum Gasteiger partial charge on any atom is -0.377 e. The number of ketones is 1. The van der Waals surface area contributed by atoms with Crippen LogP contribution in [0.3, 0.4) is 0 Å². The molecule has 0 saturated carbocycles. The van der Waals surface area contributed by atoms with Crippen molar-refractivity contribution >= 4 is 17.7 Å². The Morgan fingerprint density at radius 3 is 1.65 bits per heavy atom. The molecule has 0 spiro atoms. The molecular formula is C21H41N3O7. The van der Waals surface area contributed by atoms with Crippen molar-refractivity contribution in [2.24, 2.45) is 21.9 Å². The van der Waals surface area contributed by atoms with Gasteiger partial charge >= 0.3 is 0 Å². The zero-order valence-corrected chi connectivity index (χ0v) is 19.5. The van der Waals surface area contributed by atoms with Gasteiger partial charge in [-0.2, -0.15) is 5.10 Å². The van der Waals surface area contributed by atoms with Gasteiger partial charge in [-0.05, 0) is 13.8 Å². The smallest absolute Gasteiger partial charge is 0.156 e.